The third kappa shape index (κ3) is 3.55. The first-order chi connectivity index (χ1) is 9.22. The SMILES string of the molecule is N#CCCN1CCN(C(=O)c2ccccc2Br)CC1. The highest BCUT2D eigenvalue weighted by molar-refractivity contribution is 9.10. The van der Waals surface area contributed by atoms with Gasteiger partial charge in [0.1, 0.15) is 0 Å². The Morgan fingerprint density at radius 3 is 2.58 bits per heavy atom. The lowest BCUT2D eigenvalue weighted by atomic mass is 10.2. The average molecular weight is 322 g/mol. The Labute approximate surface area is 121 Å². The summed E-state index contributed by atoms with van der Waals surface area (Å²) in [6.45, 7) is 3.94. The van der Waals surface area contributed by atoms with Crippen LogP contribution in [-0.2, 0) is 0 Å². The molecule has 0 unspecified atom stereocenters. The molecule has 2 rings (SSSR count). The smallest absolute Gasteiger partial charge is 0.255 e. The van der Waals surface area contributed by atoms with Gasteiger partial charge in [-0.1, -0.05) is 12.1 Å². The van der Waals surface area contributed by atoms with Gasteiger partial charge in [0.15, 0.2) is 0 Å². The van der Waals surface area contributed by atoms with Crippen LogP contribution in [0.4, 0.5) is 0 Å². The molecule has 4 nitrogen and oxygen atoms in total. The Kier molecular flexibility index (Phi) is 4.94. The van der Waals surface area contributed by atoms with Gasteiger partial charge >= 0.3 is 0 Å². The van der Waals surface area contributed by atoms with E-state index in [1.165, 1.54) is 0 Å². The van der Waals surface area contributed by atoms with Gasteiger partial charge in [0, 0.05) is 43.6 Å². The third-order valence-electron chi connectivity index (χ3n) is 3.30. The van der Waals surface area contributed by atoms with E-state index in [2.05, 4.69) is 26.9 Å². The Balaban J connectivity index is 1.93. The number of carbonyl (C=O) groups is 1. The highest BCUT2D eigenvalue weighted by atomic mass is 79.9. The molecule has 0 aromatic heterocycles. The monoisotopic (exact) mass is 321 g/mol. The predicted molar refractivity (Wildman–Crippen MR) is 76.7 cm³/mol. The molecule has 0 spiro atoms. The van der Waals surface area contributed by atoms with E-state index in [1.807, 2.05) is 29.2 Å². The standard InChI is InChI=1S/C14H16BrN3O/c15-13-5-2-1-4-12(13)14(19)18-10-8-17(9-11-18)7-3-6-16/h1-2,4-5H,3,7-11H2. The number of carbonyl (C=O) groups excluding carboxylic acids is 1. The molecule has 1 aliphatic heterocycles. The second kappa shape index (κ2) is 6.69. The Morgan fingerprint density at radius 1 is 1.26 bits per heavy atom. The molecule has 19 heavy (non-hydrogen) atoms. The van der Waals surface area contributed by atoms with Crippen molar-refractivity contribution in [1.29, 1.82) is 5.26 Å². The summed E-state index contributed by atoms with van der Waals surface area (Å²) in [5.74, 6) is 0.0763. The lowest BCUT2D eigenvalue weighted by molar-refractivity contribution is 0.0639. The zero-order chi connectivity index (χ0) is 13.7. The van der Waals surface area contributed by atoms with E-state index >= 15 is 0 Å². The van der Waals surface area contributed by atoms with Gasteiger partial charge in [-0.15, -0.1) is 0 Å². The number of halogens is 1. The fraction of sp³-hybridized carbons (Fsp3) is 0.429. The molecule has 1 fully saturated rings. The van der Waals surface area contributed by atoms with Gasteiger partial charge in [-0.2, -0.15) is 5.26 Å². The van der Waals surface area contributed by atoms with E-state index < -0.39 is 0 Å². The molecular formula is C14H16BrN3O. The fourth-order valence-corrected chi connectivity index (χ4v) is 2.64. The molecule has 0 N–H and O–H groups in total. The normalized spacial score (nSPS) is 16.1. The highest BCUT2D eigenvalue weighted by Gasteiger charge is 2.22. The van der Waals surface area contributed by atoms with Crippen molar-refractivity contribution < 1.29 is 4.79 Å². The van der Waals surface area contributed by atoms with Crippen molar-refractivity contribution in [3.63, 3.8) is 0 Å². The molecule has 100 valence electrons. The number of benzene rings is 1. The number of hydrogen-bond acceptors (Lipinski definition) is 3. The van der Waals surface area contributed by atoms with Crippen LogP contribution in [0.1, 0.15) is 16.8 Å². The molecule has 1 heterocycles. The van der Waals surface area contributed by atoms with Crippen LogP contribution in [0.3, 0.4) is 0 Å². The van der Waals surface area contributed by atoms with Gasteiger partial charge in [-0.25, -0.2) is 0 Å². The molecule has 0 atom stereocenters. The second-order valence-corrected chi connectivity index (χ2v) is 5.38. The molecular weight excluding hydrogens is 306 g/mol. The first kappa shape index (κ1) is 14.0. The maximum atomic E-state index is 12.4. The maximum Gasteiger partial charge on any atom is 0.255 e. The summed E-state index contributed by atoms with van der Waals surface area (Å²) in [6.07, 6.45) is 0.554. The first-order valence-electron chi connectivity index (χ1n) is 6.35. The van der Waals surface area contributed by atoms with E-state index in [0.29, 0.717) is 12.0 Å². The average Bonchev–Trinajstić information content (AvgIpc) is 2.45. The molecule has 0 bridgehead atoms. The van der Waals surface area contributed by atoms with Crippen molar-refractivity contribution in [1.82, 2.24) is 9.80 Å². The van der Waals surface area contributed by atoms with Gasteiger partial charge < -0.3 is 4.90 Å². The van der Waals surface area contributed by atoms with Crippen molar-refractivity contribution >= 4 is 21.8 Å². The minimum absolute atomic E-state index is 0.0763. The summed E-state index contributed by atoms with van der Waals surface area (Å²) in [5.41, 5.74) is 0.716. The van der Waals surface area contributed by atoms with Crippen molar-refractivity contribution in [3.8, 4) is 6.07 Å². The van der Waals surface area contributed by atoms with Crippen LogP contribution in [0.5, 0.6) is 0 Å². The quantitative estimate of drug-likeness (QED) is 0.856. The van der Waals surface area contributed by atoms with Gasteiger partial charge in [0.05, 0.1) is 11.6 Å². The van der Waals surface area contributed by atoms with Crippen LogP contribution in [0.15, 0.2) is 28.7 Å². The zero-order valence-corrected chi connectivity index (χ0v) is 12.3. The molecule has 0 aliphatic carbocycles. The van der Waals surface area contributed by atoms with Gasteiger partial charge in [-0.3, -0.25) is 9.69 Å². The lowest BCUT2D eigenvalue weighted by Gasteiger charge is -2.34. The molecule has 1 amide bonds. The molecule has 1 saturated heterocycles. The number of hydrogen-bond donors (Lipinski definition) is 0. The first-order valence-corrected chi connectivity index (χ1v) is 7.15. The molecule has 1 aliphatic rings. The lowest BCUT2D eigenvalue weighted by Crippen LogP contribution is -2.48. The van der Waals surface area contributed by atoms with E-state index in [1.54, 1.807) is 0 Å². The van der Waals surface area contributed by atoms with Crippen molar-refractivity contribution in [2.24, 2.45) is 0 Å². The van der Waals surface area contributed by atoms with Gasteiger partial charge in [-0.05, 0) is 28.1 Å². The van der Waals surface area contributed by atoms with E-state index in [-0.39, 0.29) is 5.91 Å². The van der Waals surface area contributed by atoms with Crippen molar-refractivity contribution in [2.75, 3.05) is 32.7 Å². The number of rotatable bonds is 3. The van der Waals surface area contributed by atoms with E-state index in [0.717, 1.165) is 37.2 Å². The van der Waals surface area contributed by atoms with E-state index in [4.69, 9.17) is 5.26 Å². The minimum atomic E-state index is 0.0763. The summed E-state index contributed by atoms with van der Waals surface area (Å²) < 4.78 is 0.840. The molecule has 0 radical (unpaired) electrons. The minimum Gasteiger partial charge on any atom is -0.336 e. The predicted octanol–water partition coefficient (Wildman–Crippen LogP) is 2.12. The molecule has 0 saturated carbocycles. The van der Waals surface area contributed by atoms with E-state index in [9.17, 15) is 4.79 Å². The summed E-state index contributed by atoms with van der Waals surface area (Å²) in [6, 6.07) is 9.66. The highest BCUT2D eigenvalue weighted by Crippen LogP contribution is 2.18. The molecule has 1 aromatic rings. The fourth-order valence-electron chi connectivity index (χ4n) is 2.19. The Bertz CT molecular complexity index is 490. The van der Waals surface area contributed by atoms with Crippen LogP contribution in [-0.4, -0.2) is 48.4 Å². The number of amides is 1. The van der Waals surface area contributed by atoms with Crippen LogP contribution in [0.2, 0.25) is 0 Å². The summed E-state index contributed by atoms with van der Waals surface area (Å²) in [4.78, 5) is 16.5. The summed E-state index contributed by atoms with van der Waals surface area (Å²) in [7, 11) is 0. The third-order valence-corrected chi connectivity index (χ3v) is 4.00. The number of nitrogens with zero attached hydrogens (tertiary/aromatic N) is 3. The van der Waals surface area contributed by atoms with Crippen LogP contribution in [0, 0.1) is 11.3 Å². The molecule has 5 heteroatoms. The van der Waals surface area contributed by atoms with Crippen LogP contribution in [0.25, 0.3) is 0 Å². The van der Waals surface area contributed by atoms with Crippen LogP contribution < -0.4 is 0 Å². The largest absolute Gasteiger partial charge is 0.336 e. The Morgan fingerprint density at radius 2 is 1.95 bits per heavy atom. The summed E-state index contributed by atoms with van der Waals surface area (Å²) in [5, 5.41) is 8.57. The van der Waals surface area contributed by atoms with Crippen LogP contribution >= 0.6 is 15.9 Å². The number of piperazine rings is 1. The zero-order valence-electron chi connectivity index (χ0n) is 10.7. The van der Waals surface area contributed by atoms with Gasteiger partial charge in [0.25, 0.3) is 5.91 Å². The van der Waals surface area contributed by atoms with Gasteiger partial charge in [0.2, 0.25) is 0 Å². The Hall–Kier alpha value is -1.38. The topological polar surface area (TPSA) is 47.3 Å². The number of nitriles is 1. The van der Waals surface area contributed by atoms with Crippen molar-refractivity contribution in [2.45, 2.75) is 6.42 Å². The second-order valence-electron chi connectivity index (χ2n) is 4.52. The molecule has 1 aromatic carbocycles. The summed E-state index contributed by atoms with van der Waals surface area (Å²) >= 11 is 3.42. The van der Waals surface area contributed by atoms with Crippen molar-refractivity contribution in [3.05, 3.63) is 34.3 Å². The maximum absolute atomic E-state index is 12.4.